The number of carbonyl (C=O) groups excluding carboxylic acids is 2. The number of fused-ring (bicyclic) bond motifs is 1. The highest BCUT2D eigenvalue weighted by Crippen LogP contribution is 2.31. The lowest BCUT2D eigenvalue weighted by Gasteiger charge is -2.34. The summed E-state index contributed by atoms with van der Waals surface area (Å²) in [6.07, 6.45) is 2.07. The van der Waals surface area contributed by atoms with Crippen LogP contribution in [0.1, 0.15) is 28.9 Å². The number of rotatable bonds is 2. The molecule has 0 spiro atoms. The molecule has 1 aromatic heterocycles. The zero-order chi connectivity index (χ0) is 16.0. The van der Waals surface area contributed by atoms with Crippen LogP contribution in [0.15, 0.2) is 24.3 Å². The maximum atomic E-state index is 12.8. The summed E-state index contributed by atoms with van der Waals surface area (Å²) in [7, 11) is 0. The molecule has 0 bridgehead atoms. The second-order valence-electron chi connectivity index (χ2n) is 6.56. The van der Waals surface area contributed by atoms with Crippen LogP contribution in [0.5, 0.6) is 0 Å². The quantitative estimate of drug-likeness (QED) is 0.924. The number of aromatic amines is 1. The molecule has 1 aliphatic carbocycles. The molecule has 1 saturated heterocycles. The Bertz CT molecular complexity index is 768. The van der Waals surface area contributed by atoms with Crippen molar-refractivity contribution in [1.29, 1.82) is 0 Å². The number of aromatic nitrogens is 1. The molecule has 0 unspecified atom stereocenters. The second kappa shape index (κ2) is 5.41. The summed E-state index contributed by atoms with van der Waals surface area (Å²) in [4.78, 5) is 31.9. The molecule has 1 saturated carbocycles. The molecule has 1 N–H and O–H groups in total. The van der Waals surface area contributed by atoms with Gasteiger partial charge >= 0.3 is 0 Å². The van der Waals surface area contributed by atoms with Gasteiger partial charge in [0.25, 0.3) is 5.91 Å². The average Bonchev–Trinajstić information content (AvgIpc) is 3.39. The highest BCUT2D eigenvalue weighted by Gasteiger charge is 2.35. The molecular formula is C18H21N3O2. The van der Waals surface area contributed by atoms with Crippen LogP contribution in [-0.2, 0) is 4.79 Å². The maximum Gasteiger partial charge on any atom is 0.270 e. The zero-order valence-corrected chi connectivity index (χ0v) is 13.3. The smallest absolute Gasteiger partial charge is 0.270 e. The molecule has 2 aromatic rings. The fourth-order valence-corrected chi connectivity index (χ4v) is 3.37. The summed E-state index contributed by atoms with van der Waals surface area (Å²) >= 11 is 0. The molecule has 2 heterocycles. The Hall–Kier alpha value is -2.30. The predicted molar refractivity (Wildman–Crippen MR) is 88.2 cm³/mol. The van der Waals surface area contributed by atoms with Crippen LogP contribution < -0.4 is 0 Å². The Morgan fingerprint density at radius 3 is 2.35 bits per heavy atom. The number of piperazine rings is 1. The molecule has 2 fully saturated rings. The molecule has 120 valence electrons. The predicted octanol–water partition coefficient (Wildman–Crippen LogP) is 2.17. The lowest BCUT2D eigenvalue weighted by Crippen LogP contribution is -2.51. The van der Waals surface area contributed by atoms with Crippen LogP contribution in [0.3, 0.4) is 0 Å². The Kier molecular flexibility index (Phi) is 3.36. The molecule has 23 heavy (non-hydrogen) atoms. The number of benzene rings is 1. The number of nitrogens with one attached hydrogen (secondary N) is 1. The van der Waals surface area contributed by atoms with Gasteiger partial charge in [-0.3, -0.25) is 9.59 Å². The Balaban J connectivity index is 1.48. The number of amides is 2. The van der Waals surface area contributed by atoms with E-state index in [0.717, 1.165) is 29.3 Å². The lowest BCUT2D eigenvalue weighted by molar-refractivity contribution is -0.134. The van der Waals surface area contributed by atoms with Crippen molar-refractivity contribution in [2.24, 2.45) is 5.92 Å². The first-order chi connectivity index (χ1) is 11.1. The number of hydrogen-bond acceptors (Lipinski definition) is 2. The number of hydrogen-bond donors (Lipinski definition) is 1. The monoisotopic (exact) mass is 311 g/mol. The number of nitrogens with zero attached hydrogens (tertiary/aromatic N) is 2. The maximum absolute atomic E-state index is 12.8. The highest BCUT2D eigenvalue weighted by atomic mass is 16.2. The van der Waals surface area contributed by atoms with Crippen LogP contribution in [0, 0.1) is 12.8 Å². The van der Waals surface area contributed by atoms with Crippen LogP contribution in [0.4, 0.5) is 0 Å². The van der Waals surface area contributed by atoms with Crippen LogP contribution >= 0.6 is 0 Å². The highest BCUT2D eigenvalue weighted by molar-refractivity contribution is 6.01. The van der Waals surface area contributed by atoms with E-state index < -0.39 is 0 Å². The molecule has 0 radical (unpaired) electrons. The molecule has 2 aliphatic rings. The minimum absolute atomic E-state index is 0.0391. The number of H-pyrrole nitrogens is 1. The van der Waals surface area contributed by atoms with Crippen LogP contribution in [0.2, 0.25) is 0 Å². The minimum atomic E-state index is 0.0391. The van der Waals surface area contributed by atoms with Gasteiger partial charge < -0.3 is 14.8 Å². The largest absolute Gasteiger partial charge is 0.350 e. The summed E-state index contributed by atoms with van der Waals surface area (Å²) in [6.45, 7) is 4.53. The third-order valence-corrected chi connectivity index (χ3v) is 4.98. The summed E-state index contributed by atoms with van der Waals surface area (Å²) in [6, 6.07) is 7.98. The first-order valence-corrected chi connectivity index (χ1v) is 8.30. The number of carbonyl (C=O) groups is 2. The van der Waals surface area contributed by atoms with Gasteiger partial charge in [-0.1, -0.05) is 18.2 Å². The van der Waals surface area contributed by atoms with Crippen molar-refractivity contribution in [2.45, 2.75) is 19.8 Å². The average molecular weight is 311 g/mol. The van der Waals surface area contributed by atoms with Crippen molar-refractivity contribution in [2.75, 3.05) is 26.2 Å². The van der Waals surface area contributed by atoms with Gasteiger partial charge in [-0.05, 0) is 31.4 Å². The van der Waals surface area contributed by atoms with Crippen molar-refractivity contribution >= 4 is 22.7 Å². The van der Waals surface area contributed by atoms with Crippen molar-refractivity contribution < 1.29 is 9.59 Å². The van der Waals surface area contributed by atoms with Gasteiger partial charge in [0.15, 0.2) is 0 Å². The van der Waals surface area contributed by atoms with Gasteiger partial charge in [-0.15, -0.1) is 0 Å². The topological polar surface area (TPSA) is 56.4 Å². The Labute approximate surface area is 135 Å². The fourth-order valence-electron chi connectivity index (χ4n) is 3.37. The lowest BCUT2D eigenvalue weighted by atomic mass is 10.1. The second-order valence-corrected chi connectivity index (χ2v) is 6.56. The van der Waals surface area contributed by atoms with Crippen molar-refractivity contribution in [3.05, 3.63) is 35.5 Å². The molecule has 1 aromatic carbocycles. The van der Waals surface area contributed by atoms with E-state index in [1.807, 2.05) is 41.0 Å². The minimum Gasteiger partial charge on any atom is -0.350 e. The van der Waals surface area contributed by atoms with Crippen LogP contribution in [-0.4, -0.2) is 52.8 Å². The molecule has 1 aliphatic heterocycles. The number of para-hydroxylation sites is 1. The van der Waals surface area contributed by atoms with E-state index in [-0.39, 0.29) is 17.7 Å². The third-order valence-electron chi connectivity index (χ3n) is 4.98. The molecular weight excluding hydrogens is 290 g/mol. The van der Waals surface area contributed by atoms with E-state index in [2.05, 4.69) is 4.98 Å². The Morgan fingerprint density at radius 1 is 1.04 bits per heavy atom. The molecule has 4 rings (SSSR count). The molecule has 5 nitrogen and oxygen atoms in total. The third kappa shape index (κ3) is 2.50. The van der Waals surface area contributed by atoms with Crippen molar-refractivity contribution in [1.82, 2.24) is 14.8 Å². The van der Waals surface area contributed by atoms with E-state index in [4.69, 9.17) is 0 Å². The molecule has 5 heteroatoms. The van der Waals surface area contributed by atoms with E-state index in [1.165, 1.54) is 0 Å². The zero-order valence-electron chi connectivity index (χ0n) is 13.3. The molecule has 2 amide bonds. The Morgan fingerprint density at radius 2 is 1.70 bits per heavy atom. The molecule has 0 atom stereocenters. The summed E-state index contributed by atoms with van der Waals surface area (Å²) in [5.74, 6) is 0.573. The van der Waals surface area contributed by atoms with Gasteiger partial charge in [0.1, 0.15) is 5.69 Å². The van der Waals surface area contributed by atoms with Gasteiger partial charge in [-0.25, -0.2) is 0 Å². The standard InChI is InChI=1S/C18H21N3O2/c1-12-14-4-2-3-5-15(14)19-16(12)18(23)21-10-8-20(9-11-21)17(22)13-6-7-13/h2-5,13,19H,6-11H2,1H3. The van der Waals surface area contributed by atoms with Crippen molar-refractivity contribution in [3.8, 4) is 0 Å². The van der Waals surface area contributed by atoms with Gasteiger partial charge in [-0.2, -0.15) is 0 Å². The van der Waals surface area contributed by atoms with E-state index in [9.17, 15) is 9.59 Å². The summed E-state index contributed by atoms with van der Waals surface area (Å²) < 4.78 is 0. The van der Waals surface area contributed by atoms with E-state index in [1.54, 1.807) is 0 Å². The van der Waals surface area contributed by atoms with Crippen LogP contribution in [0.25, 0.3) is 10.9 Å². The fraction of sp³-hybridized carbons (Fsp3) is 0.444. The van der Waals surface area contributed by atoms with Gasteiger partial charge in [0.05, 0.1) is 0 Å². The normalized spacial score (nSPS) is 18.5. The van der Waals surface area contributed by atoms with Gasteiger partial charge in [0, 0.05) is 43.0 Å². The number of aryl methyl sites for hydroxylation is 1. The first-order valence-electron chi connectivity index (χ1n) is 8.30. The summed E-state index contributed by atoms with van der Waals surface area (Å²) in [5, 5.41) is 1.10. The SMILES string of the molecule is Cc1c(C(=O)N2CCN(C(=O)C3CC3)CC2)[nH]c2ccccc12. The van der Waals surface area contributed by atoms with E-state index in [0.29, 0.717) is 31.9 Å². The van der Waals surface area contributed by atoms with Crippen molar-refractivity contribution in [3.63, 3.8) is 0 Å². The first kappa shape index (κ1) is 14.3. The van der Waals surface area contributed by atoms with E-state index >= 15 is 0 Å². The van der Waals surface area contributed by atoms with Gasteiger partial charge in [0.2, 0.25) is 5.91 Å². The summed E-state index contributed by atoms with van der Waals surface area (Å²) in [5.41, 5.74) is 2.67.